The number of phosphoric acid groups is 6. The average molecular weight is 677 g/mol. The maximum absolute atomic E-state index is 11.4. The summed E-state index contributed by atoms with van der Waals surface area (Å²) in [6, 6.07) is 0. The van der Waals surface area contributed by atoms with Gasteiger partial charge in [0, 0.05) is 0 Å². The molecular weight excluding hydrogens is 656 g/mol. The smallest absolute Gasteiger partial charge is 0.344 e. The van der Waals surface area contributed by atoms with Crippen LogP contribution in [0.25, 0.3) is 0 Å². The zero-order valence-electron chi connectivity index (χ0n) is 17.1. The standard InChI is InChI=1S/C6H18O24P6.H3N/c7-31(8,9)25-1-2(26-32(10,11)12)4(28-34(16,17)18)6(30-36(22,23)24)5(29-35(19,20)21)3(1)27-33(13,14)15;/h1-6H,(H2,7,8,9)(H2,10,11,12)(H2,13,14,15)(H2,16,17,18)(H2,19,20,21)(H2,22,23,24);1H3/t1-,2-,3-,4+,5-,6-;. The molecule has 1 fully saturated rings. The molecule has 31 heteroatoms. The van der Waals surface area contributed by atoms with Gasteiger partial charge < -0.3 is 64.9 Å². The first-order valence-electron chi connectivity index (χ1n) is 8.01. The minimum Gasteiger partial charge on any atom is -0.344 e. The van der Waals surface area contributed by atoms with E-state index in [1.165, 1.54) is 0 Å². The molecule has 0 spiro atoms. The van der Waals surface area contributed by atoms with Crippen LogP contribution >= 0.6 is 46.9 Å². The van der Waals surface area contributed by atoms with E-state index in [9.17, 15) is 27.4 Å². The van der Waals surface area contributed by atoms with Gasteiger partial charge in [-0.05, 0) is 0 Å². The normalized spacial score (nSPS) is 28.5. The summed E-state index contributed by atoms with van der Waals surface area (Å²) < 4.78 is 93.1. The van der Waals surface area contributed by atoms with Gasteiger partial charge >= 0.3 is 46.9 Å². The molecule has 0 bridgehead atoms. The molecule has 0 aromatic rings. The van der Waals surface area contributed by atoms with Crippen LogP contribution < -0.4 is 6.15 Å². The van der Waals surface area contributed by atoms with Gasteiger partial charge in [0.15, 0.2) is 0 Å². The third-order valence-corrected chi connectivity index (χ3v) is 6.61. The van der Waals surface area contributed by atoms with Crippen LogP contribution in [0.2, 0.25) is 0 Å². The van der Waals surface area contributed by atoms with Crippen LogP contribution in [0, 0.1) is 0 Å². The summed E-state index contributed by atoms with van der Waals surface area (Å²) in [6.45, 7) is 0. The second-order valence-corrected chi connectivity index (χ2v) is 13.5. The molecule has 1 aliphatic rings. The van der Waals surface area contributed by atoms with Gasteiger partial charge in [-0.15, -0.1) is 0 Å². The van der Waals surface area contributed by atoms with E-state index < -0.39 is 83.6 Å². The maximum Gasteiger partial charge on any atom is 0.470 e. The van der Waals surface area contributed by atoms with Crippen molar-refractivity contribution in [1.82, 2.24) is 6.15 Å². The van der Waals surface area contributed by atoms with E-state index >= 15 is 0 Å². The average Bonchev–Trinajstić information content (AvgIpc) is 2.51. The van der Waals surface area contributed by atoms with E-state index in [0.29, 0.717) is 0 Å². The first-order chi connectivity index (χ1) is 15.6. The van der Waals surface area contributed by atoms with Gasteiger partial charge in [-0.25, -0.2) is 27.4 Å². The fourth-order valence-corrected chi connectivity index (χ4v) is 6.14. The highest BCUT2D eigenvalue weighted by Crippen LogP contribution is 2.57. The second-order valence-electron chi connectivity index (χ2n) is 6.36. The Morgan fingerprint density at radius 3 is 0.432 bits per heavy atom. The van der Waals surface area contributed by atoms with Gasteiger partial charge in [-0.1, -0.05) is 0 Å². The van der Waals surface area contributed by atoms with Crippen molar-refractivity contribution in [2.24, 2.45) is 0 Å². The minimum absolute atomic E-state index is 0. The van der Waals surface area contributed by atoms with Crippen molar-refractivity contribution in [2.45, 2.75) is 36.6 Å². The predicted molar refractivity (Wildman–Crippen MR) is 107 cm³/mol. The molecular formula is C6H21NO24P6. The summed E-state index contributed by atoms with van der Waals surface area (Å²) >= 11 is 0. The molecule has 1 rings (SSSR count). The van der Waals surface area contributed by atoms with Crippen LogP contribution in [-0.2, 0) is 54.5 Å². The lowest BCUT2D eigenvalue weighted by Crippen LogP contribution is -2.66. The summed E-state index contributed by atoms with van der Waals surface area (Å²) in [4.78, 5) is 110. The van der Waals surface area contributed by atoms with Gasteiger partial charge in [0.25, 0.3) is 0 Å². The summed E-state index contributed by atoms with van der Waals surface area (Å²) in [7, 11) is -36.1. The van der Waals surface area contributed by atoms with Crippen molar-refractivity contribution in [3.05, 3.63) is 0 Å². The van der Waals surface area contributed by atoms with Crippen molar-refractivity contribution in [3.63, 3.8) is 0 Å². The molecule has 0 aromatic carbocycles. The topological polar surface area (TPSA) is 436 Å². The Bertz CT molecular complexity index is 824. The molecule has 0 heterocycles. The van der Waals surface area contributed by atoms with Crippen LogP contribution in [0.3, 0.4) is 0 Å². The maximum atomic E-state index is 11.4. The lowest BCUT2D eigenvalue weighted by molar-refractivity contribution is -0.202. The third kappa shape index (κ3) is 14.7. The summed E-state index contributed by atoms with van der Waals surface area (Å²) in [5.41, 5.74) is 0. The largest absolute Gasteiger partial charge is 0.470 e. The molecule has 0 aromatic heterocycles. The van der Waals surface area contributed by atoms with Gasteiger partial charge in [0.1, 0.15) is 36.6 Å². The molecule has 224 valence electrons. The van der Waals surface area contributed by atoms with E-state index in [2.05, 4.69) is 27.1 Å². The van der Waals surface area contributed by atoms with E-state index in [-0.39, 0.29) is 6.15 Å². The van der Waals surface area contributed by atoms with E-state index in [1.54, 1.807) is 0 Å². The van der Waals surface area contributed by atoms with Crippen LogP contribution in [0.5, 0.6) is 0 Å². The lowest BCUT2D eigenvalue weighted by atomic mass is 9.85. The Morgan fingerprint density at radius 1 is 0.297 bits per heavy atom. The van der Waals surface area contributed by atoms with Crippen LogP contribution in [0.4, 0.5) is 0 Å². The van der Waals surface area contributed by atoms with Crippen molar-refractivity contribution >= 4 is 46.9 Å². The molecule has 0 aliphatic heterocycles. The van der Waals surface area contributed by atoms with Crippen molar-refractivity contribution in [2.75, 3.05) is 0 Å². The zero-order chi connectivity index (χ0) is 28.7. The van der Waals surface area contributed by atoms with E-state index in [1.807, 2.05) is 0 Å². The van der Waals surface area contributed by atoms with Gasteiger partial charge in [0.05, 0.1) is 0 Å². The highest BCUT2D eigenvalue weighted by atomic mass is 31.2. The summed E-state index contributed by atoms with van der Waals surface area (Å²) in [5.74, 6) is 0. The monoisotopic (exact) mass is 677 g/mol. The number of phosphoric ester groups is 6. The van der Waals surface area contributed by atoms with Crippen LogP contribution in [0.15, 0.2) is 0 Å². The highest BCUT2D eigenvalue weighted by Gasteiger charge is 2.62. The molecule has 0 saturated heterocycles. The van der Waals surface area contributed by atoms with Gasteiger partial charge in [0.2, 0.25) is 0 Å². The van der Waals surface area contributed by atoms with Crippen molar-refractivity contribution in [1.29, 1.82) is 0 Å². The zero-order valence-corrected chi connectivity index (χ0v) is 22.5. The Labute approximate surface area is 203 Å². The third-order valence-electron chi connectivity index (χ3n) is 3.50. The van der Waals surface area contributed by atoms with Gasteiger partial charge in [-0.2, -0.15) is 0 Å². The van der Waals surface area contributed by atoms with Crippen LogP contribution in [-0.4, -0.2) is 95.3 Å². The number of hydrogen-bond acceptors (Lipinski definition) is 13. The van der Waals surface area contributed by atoms with E-state index in [4.69, 9.17) is 58.7 Å². The molecule has 25 nitrogen and oxygen atoms in total. The second kappa shape index (κ2) is 12.6. The van der Waals surface area contributed by atoms with Crippen LogP contribution in [0.1, 0.15) is 0 Å². The molecule has 0 atom stereocenters. The molecule has 0 radical (unpaired) electrons. The van der Waals surface area contributed by atoms with Crippen molar-refractivity contribution < 1.29 is 113 Å². The fourth-order valence-electron chi connectivity index (χ4n) is 2.79. The molecule has 37 heavy (non-hydrogen) atoms. The van der Waals surface area contributed by atoms with Crippen molar-refractivity contribution in [3.8, 4) is 0 Å². The molecule has 0 amide bonds. The summed E-state index contributed by atoms with van der Waals surface area (Å²) in [5, 5.41) is 0. The molecule has 0 unspecified atom stereocenters. The number of rotatable bonds is 12. The minimum atomic E-state index is -6.02. The lowest BCUT2D eigenvalue weighted by Gasteiger charge is -2.48. The quantitative estimate of drug-likeness (QED) is 0.0917. The first-order valence-corrected chi connectivity index (χ1v) is 17.2. The Hall–Kier alpha value is 0.620. The first kappa shape index (κ1) is 37.6. The fraction of sp³-hybridized carbons (Fsp3) is 1.00. The van der Waals surface area contributed by atoms with Gasteiger partial charge in [-0.3, -0.25) is 27.1 Å². The molecule has 15 N–H and O–H groups in total. The predicted octanol–water partition coefficient (Wildman–Crippen LogP) is -2.97. The Balaban J connectivity index is 0.0000130. The summed E-state index contributed by atoms with van der Waals surface area (Å²) in [6.07, 6.45) is -18.9. The molecule has 1 aliphatic carbocycles. The van der Waals surface area contributed by atoms with E-state index in [0.717, 1.165) is 0 Å². The highest BCUT2D eigenvalue weighted by molar-refractivity contribution is 7.47. The Kier molecular flexibility index (Phi) is 12.9. The SMILES string of the molecule is N.O=P(O)(O)O[C@H]1[C@H](OP(=O)(O)O)[C@@H](OP(=O)(O)O)[C@H](OP(=O)(O)O)[C@@H](OP(=O)(O)O)[C@H]1OP(=O)(O)O. The molecule has 1 saturated carbocycles. The number of hydrogen-bond donors (Lipinski definition) is 13. The Morgan fingerprint density at radius 2 is 0.378 bits per heavy atom.